The molecule has 0 aliphatic rings. The van der Waals surface area contributed by atoms with Crippen LogP contribution in [0.2, 0.25) is 5.02 Å². The highest BCUT2D eigenvalue weighted by atomic mass is 35.5. The van der Waals surface area contributed by atoms with E-state index in [0.717, 1.165) is 24.6 Å². The van der Waals surface area contributed by atoms with Gasteiger partial charge in [0.05, 0.1) is 16.3 Å². The van der Waals surface area contributed by atoms with Crippen molar-refractivity contribution in [1.82, 2.24) is 15.3 Å². The molecule has 1 unspecified atom stereocenters. The fraction of sp³-hybridized carbons (Fsp3) is 0.353. The molecule has 5 nitrogen and oxygen atoms in total. The van der Waals surface area contributed by atoms with Crippen molar-refractivity contribution in [3.63, 3.8) is 0 Å². The molecule has 2 N–H and O–H groups in total. The second-order valence-corrected chi connectivity index (χ2v) is 6.23. The number of aromatic nitrogens is 2. The van der Waals surface area contributed by atoms with Crippen molar-refractivity contribution in [2.75, 3.05) is 5.32 Å². The second kappa shape index (κ2) is 7.90. The van der Waals surface area contributed by atoms with Crippen molar-refractivity contribution >= 4 is 29.1 Å². The molecule has 1 amide bonds. The normalized spacial score (nSPS) is 12.6. The molecule has 0 radical (unpaired) electrons. The molecule has 0 bridgehead atoms. The molecular weight excluding hydrogens is 369 g/mol. The van der Waals surface area contributed by atoms with Crippen LogP contribution < -0.4 is 10.6 Å². The van der Waals surface area contributed by atoms with Gasteiger partial charge in [0.15, 0.2) is 0 Å². The number of hydrogen-bond acceptors (Lipinski definition) is 4. The average Bonchev–Trinajstić information content (AvgIpc) is 2.55. The number of amides is 1. The van der Waals surface area contributed by atoms with Crippen LogP contribution in [0.15, 0.2) is 24.3 Å². The Morgan fingerprint density at radius 1 is 1.27 bits per heavy atom. The highest BCUT2D eigenvalue weighted by molar-refractivity contribution is 6.33. The molecule has 0 saturated carbocycles. The molecule has 0 fully saturated rings. The monoisotopic (exact) mass is 386 g/mol. The molecule has 1 aromatic carbocycles. The number of rotatable bonds is 5. The van der Waals surface area contributed by atoms with Gasteiger partial charge in [-0.25, -0.2) is 9.97 Å². The summed E-state index contributed by atoms with van der Waals surface area (Å²) in [6, 6.07) is 4.35. The van der Waals surface area contributed by atoms with Gasteiger partial charge in [0.25, 0.3) is 5.91 Å². The van der Waals surface area contributed by atoms with Gasteiger partial charge in [-0.3, -0.25) is 4.79 Å². The van der Waals surface area contributed by atoms with Gasteiger partial charge in [0.2, 0.25) is 5.95 Å². The van der Waals surface area contributed by atoms with Crippen LogP contribution in [-0.2, 0) is 6.18 Å². The number of aryl methyl sites for hydroxylation is 1. The van der Waals surface area contributed by atoms with Gasteiger partial charge in [-0.2, -0.15) is 13.2 Å². The molecule has 2 rings (SSSR count). The fourth-order valence-electron chi connectivity index (χ4n) is 2.06. The average molecular weight is 387 g/mol. The first kappa shape index (κ1) is 20.0. The summed E-state index contributed by atoms with van der Waals surface area (Å²) in [6.45, 7) is 5.44. The maximum Gasteiger partial charge on any atom is 0.416 e. The zero-order valence-corrected chi connectivity index (χ0v) is 15.2. The molecule has 26 heavy (non-hydrogen) atoms. The number of halogens is 4. The van der Waals surface area contributed by atoms with E-state index < -0.39 is 11.7 Å². The van der Waals surface area contributed by atoms with Gasteiger partial charge in [-0.05, 0) is 44.5 Å². The zero-order valence-electron chi connectivity index (χ0n) is 14.4. The van der Waals surface area contributed by atoms with E-state index in [9.17, 15) is 18.0 Å². The summed E-state index contributed by atoms with van der Waals surface area (Å²) in [4.78, 5) is 20.4. The standard InChI is InChI=1S/C17H18ClF3N4O/c1-4-9(2)22-15(26)14-7-10(3)23-16(25-14)24-13-8-11(17(19,20)21)5-6-12(13)18/h5-9H,4H2,1-3H3,(H,22,26)(H,23,24,25). The first-order valence-corrected chi connectivity index (χ1v) is 8.28. The van der Waals surface area contributed by atoms with Gasteiger partial charge in [0, 0.05) is 11.7 Å². The lowest BCUT2D eigenvalue weighted by Crippen LogP contribution is -2.32. The number of alkyl halides is 3. The maximum absolute atomic E-state index is 12.9. The number of carbonyl (C=O) groups excluding carboxylic acids is 1. The predicted octanol–water partition coefficient (Wildman–Crippen LogP) is 4.73. The van der Waals surface area contributed by atoms with E-state index in [0.29, 0.717) is 5.69 Å². The number of anilines is 2. The summed E-state index contributed by atoms with van der Waals surface area (Å²) in [5.41, 5.74) is -0.254. The Labute approximate surface area is 154 Å². The van der Waals surface area contributed by atoms with Gasteiger partial charge < -0.3 is 10.6 Å². The summed E-state index contributed by atoms with van der Waals surface area (Å²) in [6.07, 6.45) is -3.75. The van der Waals surface area contributed by atoms with E-state index in [2.05, 4.69) is 20.6 Å². The molecule has 2 aromatic rings. The molecule has 1 heterocycles. The van der Waals surface area contributed by atoms with Crippen LogP contribution in [0.1, 0.15) is 42.0 Å². The van der Waals surface area contributed by atoms with Crippen LogP contribution in [0.5, 0.6) is 0 Å². The molecule has 1 aromatic heterocycles. The summed E-state index contributed by atoms with van der Waals surface area (Å²) < 4.78 is 38.6. The molecule has 0 spiro atoms. The van der Waals surface area contributed by atoms with Gasteiger partial charge >= 0.3 is 6.18 Å². The third kappa shape index (κ3) is 5.08. The number of nitrogens with one attached hydrogen (secondary N) is 2. The van der Waals surface area contributed by atoms with Crippen molar-refractivity contribution in [1.29, 1.82) is 0 Å². The van der Waals surface area contributed by atoms with Crippen LogP contribution in [0.25, 0.3) is 0 Å². The van der Waals surface area contributed by atoms with Crippen molar-refractivity contribution in [2.24, 2.45) is 0 Å². The number of carbonyl (C=O) groups is 1. The largest absolute Gasteiger partial charge is 0.416 e. The molecule has 0 aliphatic heterocycles. The Morgan fingerprint density at radius 2 is 1.96 bits per heavy atom. The van der Waals surface area contributed by atoms with Crippen LogP contribution in [-0.4, -0.2) is 21.9 Å². The summed E-state index contributed by atoms with van der Waals surface area (Å²) in [7, 11) is 0. The van der Waals surface area contributed by atoms with Crippen molar-refractivity contribution < 1.29 is 18.0 Å². The minimum atomic E-state index is -4.50. The number of benzene rings is 1. The molecule has 0 saturated heterocycles. The Kier molecular flexibility index (Phi) is 6.07. The molecule has 0 aliphatic carbocycles. The van der Waals surface area contributed by atoms with E-state index in [1.807, 2.05) is 13.8 Å². The first-order chi connectivity index (χ1) is 12.1. The van der Waals surface area contributed by atoms with Gasteiger partial charge in [-0.1, -0.05) is 18.5 Å². The zero-order chi connectivity index (χ0) is 19.5. The Hall–Kier alpha value is -2.35. The lowest BCUT2D eigenvalue weighted by molar-refractivity contribution is -0.137. The van der Waals surface area contributed by atoms with Crippen molar-refractivity contribution in [3.05, 3.63) is 46.2 Å². The van der Waals surface area contributed by atoms with E-state index in [1.165, 1.54) is 6.07 Å². The third-order valence-corrected chi connectivity index (χ3v) is 3.95. The summed E-state index contributed by atoms with van der Waals surface area (Å²) in [5.74, 6) is -0.399. The topological polar surface area (TPSA) is 66.9 Å². The minimum Gasteiger partial charge on any atom is -0.348 e. The molecule has 9 heteroatoms. The Morgan fingerprint density at radius 3 is 2.58 bits per heavy atom. The fourth-order valence-corrected chi connectivity index (χ4v) is 2.22. The van der Waals surface area contributed by atoms with E-state index in [1.54, 1.807) is 6.92 Å². The minimum absolute atomic E-state index is 0.000348. The van der Waals surface area contributed by atoms with Crippen molar-refractivity contribution in [3.8, 4) is 0 Å². The number of hydrogen-bond donors (Lipinski definition) is 2. The smallest absolute Gasteiger partial charge is 0.348 e. The maximum atomic E-state index is 12.9. The van der Waals surface area contributed by atoms with E-state index in [4.69, 9.17) is 11.6 Å². The first-order valence-electron chi connectivity index (χ1n) is 7.90. The van der Waals surface area contributed by atoms with Crippen LogP contribution in [0.3, 0.4) is 0 Å². The van der Waals surface area contributed by atoms with Crippen LogP contribution in [0.4, 0.5) is 24.8 Å². The quantitative estimate of drug-likeness (QED) is 0.779. The highest BCUT2D eigenvalue weighted by Gasteiger charge is 2.31. The van der Waals surface area contributed by atoms with Crippen LogP contribution in [0, 0.1) is 6.92 Å². The second-order valence-electron chi connectivity index (χ2n) is 5.82. The van der Waals surface area contributed by atoms with Gasteiger partial charge in [-0.15, -0.1) is 0 Å². The molecular formula is C17H18ClF3N4O. The molecule has 140 valence electrons. The summed E-state index contributed by atoms with van der Waals surface area (Å²) >= 11 is 5.96. The van der Waals surface area contributed by atoms with Crippen LogP contribution >= 0.6 is 11.6 Å². The number of nitrogens with zero attached hydrogens (tertiary/aromatic N) is 2. The lowest BCUT2D eigenvalue weighted by atomic mass is 10.2. The summed E-state index contributed by atoms with van der Waals surface area (Å²) in [5, 5.41) is 5.50. The third-order valence-electron chi connectivity index (χ3n) is 3.62. The highest BCUT2D eigenvalue weighted by Crippen LogP contribution is 2.34. The Balaban J connectivity index is 2.32. The predicted molar refractivity (Wildman–Crippen MR) is 93.7 cm³/mol. The Bertz CT molecular complexity index is 811. The van der Waals surface area contributed by atoms with E-state index in [-0.39, 0.29) is 34.3 Å². The van der Waals surface area contributed by atoms with Crippen molar-refractivity contribution in [2.45, 2.75) is 39.4 Å². The lowest BCUT2D eigenvalue weighted by Gasteiger charge is -2.14. The SMILES string of the molecule is CCC(C)NC(=O)c1cc(C)nc(Nc2cc(C(F)(F)F)ccc2Cl)n1. The molecule has 1 atom stereocenters. The van der Waals surface area contributed by atoms with E-state index >= 15 is 0 Å². The van der Waals surface area contributed by atoms with Gasteiger partial charge in [0.1, 0.15) is 5.69 Å².